The van der Waals surface area contributed by atoms with Gasteiger partial charge in [-0.25, -0.2) is 0 Å². The summed E-state index contributed by atoms with van der Waals surface area (Å²) in [6, 6.07) is 0. The Balaban J connectivity index is 0.00000190. The van der Waals surface area contributed by atoms with Crippen molar-refractivity contribution in [1.82, 2.24) is 0 Å². The summed E-state index contributed by atoms with van der Waals surface area (Å²) in [5.74, 6) is -14.9. The van der Waals surface area contributed by atoms with Crippen molar-refractivity contribution >= 4 is 0 Å². The van der Waals surface area contributed by atoms with Gasteiger partial charge in [-0.3, -0.25) is 4.74 Å². The van der Waals surface area contributed by atoms with E-state index in [2.05, 4.69) is 4.74 Å². The fraction of sp³-hybridized carbons (Fsp3) is 1.00. The number of aliphatic hydroxyl groups excluding tert-OH is 6. The number of hydrogen-bond donors (Lipinski definition) is 11. The molecule has 2 aliphatic rings. The third-order valence-electron chi connectivity index (χ3n) is 4.43. The average molecular weight is 457 g/mol. The molecule has 0 bridgehead atoms. The van der Waals surface area contributed by atoms with Crippen LogP contribution in [0.4, 0.5) is 0 Å². The van der Waals surface area contributed by atoms with E-state index in [-0.39, 0.29) is 0 Å². The Bertz CT molecular complexity index is 533. The van der Waals surface area contributed by atoms with E-state index < -0.39 is 73.7 Å². The molecule has 0 saturated carbocycles. The summed E-state index contributed by atoms with van der Waals surface area (Å²) in [4.78, 5) is 0. The van der Waals surface area contributed by atoms with Crippen molar-refractivity contribution in [2.45, 2.75) is 53.9 Å². The number of ether oxygens (including phenoxy) is 3. The normalized spacial score (nSPS) is 44.6. The zero-order valence-corrected chi connectivity index (χ0v) is 15.4. The molecule has 2 saturated heterocycles. The molecule has 0 aromatic heterocycles. The van der Waals surface area contributed by atoms with Gasteiger partial charge in [-0.15, -0.1) is 0 Å². The molecule has 0 aromatic carbocycles. The monoisotopic (exact) mass is 457 g/mol. The van der Waals surface area contributed by atoms with Gasteiger partial charge in [0.05, 0.1) is 13.2 Å². The van der Waals surface area contributed by atoms with E-state index >= 15 is 0 Å². The second-order valence-corrected chi connectivity index (χ2v) is 6.11. The van der Waals surface area contributed by atoms with Crippen LogP contribution in [-0.4, -0.2) is 130 Å². The summed E-state index contributed by atoms with van der Waals surface area (Å²) in [5.41, 5.74) is 0. The van der Waals surface area contributed by atoms with Crippen LogP contribution in [0.1, 0.15) is 0 Å². The van der Waals surface area contributed by atoms with E-state index in [1.54, 1.807) is 0 Å². The molecule has 165 valence electrons. The molecule has 0 amide bonds. The summed E-state index contributed by atoms with van der Waals surface area (Å²) in [6.07, 6.45) is -10.2. The molecule has 2 rings (SSSR count). The Morgan fingerprint density at radius 1 is 0.821 bits per heavy atom. The van der Waals surface area contributed by atoms with Crippen molar-refractivity contribution in [1.29, 1.82) is 0 Å². The van der Waals surface area contributed by atoms with Crippen LogP contribution in [-0.2, 0) is 35.3 Å². The van der Waals surface area contributed by atoms with Crippen LogP contribution in [0.25, 0.3) is 0 Å². The molecule has 15 nitrogen and oxygen atoms in total. The van der Waals surface area contributed by atoms with Gasteiger partial charge in [0.1, 0.15) is 37.1 Å². The fourth-order valence-corrected chi connectivity index (χ4v) is 2.77. The van der Waals surface area contributed by atoms with Crippen LogP contribution in [0, 0.1) is 0 Å². The van der Waals surface area contributed by atoms with Crippen molar-refractivity contribution in [3.63, 3.8) is 0 Å². The van der Waals surface area contributed by atoms with Crippen LogP contribution in [0.5, 0.6) is 0 Å². The molecular weight excluding hydrogens is 435 g/mol. The van der Waals surface area contributed by atoms with Gasteiger partial charge in [0, 0.05) is 0 Å². The third-order valence-corrected chi connectivity index (χ3v) is 4.43. The van der Waals surface area contributed by atoms with Crippen LogP contribution in [0.2, 0.25) is 0 Å². The van der Waals surface area contributed by atoms with Gasteiger partial charge < -0.3 is 65.6 Å². The quantitative estimate of drug-likeness (QED) is 0.171. The second kappa shape index (κ2) is 8.90. The van der Waals surface area contributed by atoms with E-state index in [9.17, 15) is 46.0 Å². The molecular formula is C12H22O15V. The van der Waals surface area contributed by atoms with Gasteiger partial charge >= 0.3 is 32.8 Å². The molecule has 7 atom stereocenters. The summed E-state index contributed by atoms with van der Waals surface area (Å²) < 4.78 is 22.4. The molecule has 2 aliphatic heterocycles. The molecule has 0 radical (unpaired) electrons. The van der Waals surface area contributed by atoms with E-state index in [1.165, 1.54) is 0 Å². The molecule has 16 heteroatoms. The van der Waals surface area contributed by atoms with Crippen molar-refractivity contribution < 1.29 is 91.4 Å². The molecule has 2 fully saturated rings. The van der Waals surface area contributed by atoms with Crippen LogP contribution in [0.3, 0.4) is 0 Å². The molecule has 1 unspecified atom stereocenters. The van der Waals surface area contributed by atoms with Gasteiger partial charge in [0.2, 0.25) is 5.79 Å². The Kier molecular flexibility index (Phi) is 8.22. The number of hydrogen-bond acceptors (Lipinski definition) is 15. The van der Waals surface area contributed by atoms with Crippen LogP contribution < -0.4 is 0 Å². The average Bonchev–Trinajstić information content (AvgIpc) is 2.90. The maximum atomic E-state index is 10.3. The van der Waals surface area contributed by atoms with Crippen molar-refractivity contribution in [2.75, 3.05) is 19.8 Å². The Morgan fingerprint density at radius 2 is 1.32 bits per heavy atom. The molecule has 11 N–H and O–H groups in total. The SMILES string of the molecule is OC[C@H]1OC(CO)(O[C@]2(O)O[C@H](CO)[C@@H](O)C(O)(O)C2(O)O)[C@@H](O)[C@@H]1O.[O]=[V]. The van der Waals surface area contributed by atoms with Crippen molar-refractivity contribution in [3.8, 4) is 0 Å². The summed E-state index contributed by atoms with van der Waals surface area (Å²) in [5, 5.41) is 107. The van der Waals surface area contributed by atoms with E-state index in [4.69, 9.17) is 23.4 Å². The second-order valence-electron chi connectivity index (χ2n) is 6.11. The number of aliphatic hydroxyl groups is 11. The van der Waals surface area contributed by atoms with Crippen LogP contribution in [0.15, 0.2) is 0 Å². The van der Waals surface area contributed by atoms with E-state index in [1.807, 2.05) is 0 Å². The molecule has 0 spiro atoms. The third kappa shape index (κ3) is 3.79. The van der Waals surface area contributed by atoms with Crippen LogP contribution >= 0.6 is 0 Å². The van der Waals surface area contributed by atoms with Gasteiger partial charge in [0.15, 0.2) is 0 Å². The minimum absolute atomic E-state index is 0.881. The maximum absolute atomic E-state index is 10.3. The molecule has 28 heavy (non-hydrogen) atoms. The van der Waals surface area contributed by atoms with Gasteiger partial charge in [-0.05, 0) is 0 Å². The first-order valence-electron chi connectivity index (χ1n) is 7.56. The molecule has 0 aromatic rings. The summed E-state index contributed by atoms with van der Waals surface area (Å²) in [6.45, 7) is -3.39. The Hall–Kier alpha value is -0.176. The molecule has 2 heterocycles. The van der Waals surface area contributed by atoms with Gasteiger partial charge in [0.25, 0.3) is 5.79 Å². The van der Waals surface area contributed by atoms with E-state index in [0.29, 0.717) is 0 Å². The predicted octanol–water partition coefficient (Wildman–Crippen LogP) is -7.56. The fourth-order valence-electron chi connectivity index (χ4n) is 2.77. The standard InChI is InChI=1S/C12H22O14.O.V/c13-1-4-6(16)8(18)9(3-15,24-4)26-12(23)11(21,22)10(19,20)7(17)5(2-14)25-12;;/h4-8,13-23H,1-3H2;;/t4-,5-,6-,7-,8+,9?,12-;;/m1../s1. The first-order valence-corrected chi connectivity index (χ1v) is 8.13. The molecule has 0 aliphatic carbocycles. The van der Waals surface area contributed by atoms with Gasteiger partial charge in [-0.1, -0.05) is 0 Å². The predicted molar refractivity (Wildman–Crippen MR) is 72.8 cm³/mol. The zero-order chi connectivity index (χ0) is 22.1. The Labute approximate surface area is 165 Å². The topological polar surface area (TPSA) is 267 Å². The first kappa shape index (κ1) is 25.9. The summed E-state index contributed by atoms with van der Waals surface area (Å²) in [7, 11) is 0. The van der Waals surface area contributed by atoms with Gasteiger partial charge in [-0.2, -0.15) is 0 Å². The Morgan fingerprint density at radius 3 is 1.71 bits per heavy atom. The summed E-state index contributed by atoms with van der Waals surface area (Å²) >= 11 is 1.06. The zero-order valence-electron chi connectivity index (χ0n) is 14.0. The minimum atomic E-state index is -4.21. The van der Waals surface area contributed by atoms with E-state index in [0.717, 1.165) is 17.4 Å². The van der Waals surface area contributed by atoms with Crippen molar-refractivity contribution in [3.05, 3.63) is 0 Å². The number of rotatable bonds is 5. The van der Waals surface area contributed by atoms with Crippen molar-refractivity contribution in [2.24, 2.45) is 0 Å². The first-order chi connectivity index (χ1) is 12.8.